The zero-order chi connectivity index (χ0) is 17.9. The van der Waals surface area contributed by atoms with Gasteiger partial charge in [-0.25, -0.2) is 4.68 Å². The van der Waals surface area contributed by atoms with Crippen LogP contribution in [-0.4, -0.2) is 64.5 Å². The Bertz CT molecular complexity index is 839. The maximum absolute atomic E-state index is 12.4. The molecule has 0 radical (unpaired) electrons. The normalized spacial score (nSPS) is 20.5. The first-order valence-electron chi connectivity index (χ1n) is 8.51. The van der Waals surface area contributed by atoms with E-state index in [1.54, 1.807) is 35.5 Å². The van der Waals surface area contributed by atoms with Crippen LogP contribution in [0.5, 0.6) is 0 Å². The molecule has 0 bridgehead atoms. The molecule has 3 aromatic heterocycles. The Hall–Kier alpha value is -3.01. The van der Waals surface area contributed by atoms with Gasteiger partial charge in [0.2, 0.25) is 5.91 Å². The number of nitrogens with zero attached hydrogens (tertiary/aromatic N) is 8. The van der Waals surface area contributed by atoms with Gasteiger partial charge in [-0.1, -0.05) is 5.21 Å². The van der Waals surface area contributed by atoms with Crippen LogP contribution in [0.25, 0.3) is 0 Å². The fourth-order valence-corrected chi connectivity index (χ4v) is 3.38. The molecule has 26 heavy (non-hydrogen) atoms. The summed E-state index contributed by atoms with van der Waals surface area (Å²) in [5.41, 5.74) is 1.13. The first-order chi connectivity index (χ1) is 12.7. The Morgan fingerprint density at radius 1 is 1.23 bits per heavy atom. The summed E-state index contributed by atoms with van der Waals surface area (Å²) in [5, 5.41) is 19.5. The van der Waals surface area contributed by atoms with Crippen LogP contribution in [0, 0.1) is 0 Å². The molecule has 0 aromatic carbocycles. The first-order valence-corrected chi connectivity index (χ1v) is 8.51. The number of aromatic nitrogens is 7. The second-order valence-corrected chi connectivity index (χ2v) is 6.47. The van der Waals surface area contributed by atoms with Crippen molar-refractivity contribution in [1.29, 1.82) is 0 Å². The van der Waals surface area contributed by atoms with Crippen molar-refractivity contribution in [2.75, 3.05) is 13.1 Å². The summed E-state index contributed by atoms with van der Waals surface area (Å²) in [7, 11) is 1.93. The van der Waals surface area contributed by atoms with Crippen LogP contribution in [0.15, 0.2) is 43.1 Å². The van der Waals surface area contributed by atoms with Gasteiger partial charge in [0.05, 0.1) is 24.0 Å². The van der Waals surface area contributed by atoms with E-state index in [0.717, 1.165) is 25.3 Å². The minimum atomic E-state index is -0.0637. The second-order valence-electron chi connectivity index (χ2n) is 6.47. The predicted octanol–water partition coefficient (Wildman–Crippen LogP) is -0.550. The number of hydrogen-bond donors (Lipinski definition) is 1. The Morgan fingerprint density at radius 2 is 2.15 bits per heavy atom. The lowest BCUT2D eigenvalue weighted by atomic mass is 10.2. The lowest BCUT2D eigenvalue weighted by Crippen LogP contribution is -2.43. The van der Waals surface area contributed by atoms with Gasteiger partial charge in [0.1, 0.15) is 6.54 Å². The summed E-state index contributed by atoms with van der Waals surface area (Å²) in [6, 6.07) is 3.80. The lowest BCUT2D eigenvalue weighted by Gasteiger charge is -2.19. The molecule has 10 heteroatoms. The maximum Gasteiger partial charge on any atom is 0.242 e. The third-order valence-electron chi connectivity index (χ3n) is 4.66. The van der Waals surface area contributed by atoms with E-state index in [-0.39, 0.29) is 24.5 Å². The molecule has 0 unspecified atom stereocenters. The summed E-state index contributed by atoms with van der Waals surface area (Å²) in [4.78, 5) is 14.7. The Labute approximate surface area is 150 Å². The summed E-state index contributed by atoms with van der Waals surface area (Å²) in [6.07, 6.45) is 8.73. The third-order valence-corrected chi connectivity index (χ3v) is 4.66. The van der Waals surface area contributed by atoms with Crippen LogP contribution in [0.4, 0.5) is 0 Å². The van der Waals surface area contributed by atoms with Crippen LogP contribution in [-0.2, 0) is 24.9 Å². The van der Waals surface area contributed by atoms with Crippen molar-refractivity contribution in [3.8, 4) is 0 Å². The largest absolute Gasteiger partial charge is 0.348 e. The molecule has 0 aliphatic carbocycles. The summed E-state index contributed by atoms with van der Waals surface area (Å²) < 4.78 is 5.30. The number of nitrogens with one attached hydrogen (secondary N) is 1. The highest BCUT2D eigenvalue weighted by Crippen LogP contribution is 2.23. The average Bonchev–Trinajstić information content (AvgIpc) is 3.38. The monoisotopic (exact) mass is 355 g/mol. The highest BCUT2D eigenvalue weighted by atomic mass is 16.2. The van der Waals surface area contributed by atoms with Crippen molar-refractivity contribution in [3.05, 3.63) is 48.8 Å². The van der Waals surface area contributed by atoms with Crippen LogP contribution in [0.2, 0.25) is 0 Å². The van der Waals surface area contributed by atoms with E-state index in [9.17, 15) is 4.79 Å². The molecule has 10 nitrogen and oxygen atoms in total. The van der Waals surface area contributed by atoms with Crippen LogP contribution in [0.1, 0.15) is 11.7 Å². The molecule has 1 amide bonds. The maximum atomic E-state index is 12.4. The molecule has 4 heterocycles. The van der Waals surface area contributed by atoms with Crippen molar-refractivity contribution in [3.63, 3.8) is 0 Å². The van der Waals surface area contributed by atoms with Gasteiger partial charge in [0, 0.05) is 51.5 Å². The molecule has 1 N–H and O–H groups in total. The molecule has 0 saturated carbocycles. The van der Waals surface area contributed by atoms with Gasteiger partial charge in [0.15, 0.2) is 0 Å². The Morgan fingerprint density at radius 3 is 2.85 bits per heavy atom. The molecule has 2 atom stereocenters. The molecule has 1 aliphatic rings. The smallest absolute Gasteiger partial charge is 0.242 e. The van der Waals surface area contributed by atoms with E-state index < -0.39 is 0 Å². The van der Waals surface area contributed by atoms with Gasteiger partial charge in [-0.2, -0.15) is 10.2 Å². The second kappa shape index (κ2) is 7.08. The van der Waals surface area contributed by atoms with Gasteiger partial charge in [-0.05, 0) is 12.1 Å². The first kappa shape index (κ1) is 16.5. The number of carbonyl (C=O) groups is 1. The molecule has 136 valence electrons. The minimum Gasteiger partial charge on any atom is -0.348 e. The van der Waals surface area contributed by atoms with Gasteiger partial charge in [0.25, 0.3) is 0 Å². The Balaban J connectivity index is 1.45. The number of aryl methyl sites for hydroxylation is 1. The van der Waals surface area contributed by atoms with E-state index >= 15 is 0 Å². The van der Waals surface area contributed by atoms with Crippen LogP contribution in [0.3, 0.4) is 0 Å². The lowest BCUT2D eigenvalue weighted by molar-refractivity contribution is -0.122. The highest BCUT2D eigenvalue weighted by Gasteiger charge is 2.35. The fourth-order valence-electron chi connectivity index (χ4n) is 3.38. The number of rotatable bonds is 6. The summed E-state index contributed by atoms with van der Waals surface area (Å²) in [5.74, 6) is -0.0637. The molecular formula is C16H21N9O. The van der Waals surface area contributed by atoms with Crippen molar-refractivity contribution in [1.82, 2.24) is 44.8 Å². The number of hydrogen-bond acceptors (Lipinski definition) is 6. The van der Waals surface area contributed by atoms with E-state index in [4.69, 9.17) is 0 Å². The summed E-state index contributed by atoms with van der Waals surface area (Å²) >= 11 is 0. The van der Waals surface area contributed by atoms with Crippen molar-refractivity contribution < 1.29 is 4.79 Å². The third kappa shape index (κ3) is 3.49. The average molecular weight is 355 g/mol. The predicted molar refractivity (Wildman–Crippen MR) is 91.7 cm³/mol. The molecular weight excluding hydrogens is 334 g/mol. The summed E-state index contributed by atoms with van der Waals surface area (Å²) in [6.45, 7) is 2.49. The van der Waals surface area contributed by atoms with E-state index in [1.165, 1.54) is 0 Å². The molecule has 1 saturated heterocycles. The van der Waals surface area contributed by atoms with E-state index in [2.05, 4.69) is 30.7 Å². The molecule has 1 fully saturated rings. The zero-order valence-corrected chi connectivity index (χ0v) is 14.5. The quantitative estimate of drug-likeness (QED) is 0.637. The van der Waals surface area contributed by atoms with E-state index in [1.807, 2.05) is 28.7 Å². The Kier molecular flexibility index (Phi) is 4.48. The number of likely N-dealkylation sites (tertiary alicyclic amines) is 1. The van der Waals surface area contributed by atoms with Crippen molar-refractivity contribution >= 4 is 5.91 Å². The van der Waals surface area contributed by atoms with Gasteiger partial charge >= 0.3 is 0 Å². The van der Waals surface area contributed by atoms with E-state index in [0.29, 0.717) is 0 Å². The van der Waals surface area contributed by atoms with Gasteiger partial charge in [-0.3, -0.25) is 19.1 Å². The molecule has 0 spiro atoms. The van der Waals surface area contributed by atoms with Crippen molar-refractivity contribution in [2.45, 2.75) is 25.2 Å². The number of amides is 1. The van der Waals surface area contributed by atoms with Crippen LogP contribution >= 0.6 is 0 Å². The van der Waals surface area contributed by atoms with Crippen molar-refractivity contribution in [2.24, 2.45) is 7.05 Å². The molecule has 4 rings (SSSR count). The zero-order valence-electron chi connectivity index (χ0n) is 14.5. The fraction of sp³-hybridized carbons (Fsp3) is 0.438. The molecule has 1 aliphatic heterocycles. The molecule has 3 aromatic rings. The standard InChI is InChI=1S/C16H21N9O/c1-22-13(3-5-18-22)9-23-10-14(15(11-23)25-8-6-17-21-25)20-16(26)12-24-7-2-4-19-24/h2-8,14-15H,9-12H2,1H3,(H,20,26)/t14-,15+/m1/s1. The van der Waals surface area contributed by atoms with Gasteiger partial charge < -0.3 is 5.32 Å². The van der Waals surface area contributed by atoms with Crippen LogP contribution < -0.4 is 5.32 Å². The topological polar surface area (TPSA) is 98.7 Å². The highest BCUT2D eigenvalue weighted by molar-refractivity contribution is 5.76. The SMILES string of the molecule is Cn1nccc1CN1C[C@@H](NC(=O)Cn2cccn2)[C@@H](n2ccnn2)C1. The van der Waals surface area contributed by atoms with Gasteiger partial charge in [-0.15, -0.1) is 5.10 Å². The minimum absolute atomic E-state index is 0.0345. The number of carbonyl (C=O) groups excluding carboxylic acids is 1.